The van der Waals surface area contributed by atoms with Crippen LogP contribution in [0.1, 0.15) is 40.0 Å². The predicted molar refractivity (Wildman–Crippen MR) is 59.8 cm³/mol. The molecule has 2 unspecified atom stereocenters. The second-order valence-corrected chi connectivity index (χ2v) is 5.88. The van der Waals surface area contributed by atoms with Crippen molar-refractivity contribution in [3.8, 4) is 0 Å². The molecule has 5 nitrogen and oxygen atoms in total. The van der Waals surface area contributed by atoms with Gasteiger partial charge in [0.05, 0.1) is 0 Å². The summed E-state index contributed by atoms with van der Waals surface area (Å²) in [4.78, 5) is 11.6. The monoisotopic (exact) mass is 246 g/mol. The first-order valence-corrected chi connectivity index (χ1v) is 6.32. The first-order chi connectivity index (χ1) is 7.25. The van der Waals surface area contributed by atoms with Crippen LogP contribution in [0.5, 0.6) is 0 Å². The van der Waals surface area contributed by atoms with Crippen LogP contribution < -0.4 is 5.84 Å². The number of ketones is 1. The maximum absolute atomic E-state index is 11.6. The van der Waals surface area contributed by atoms with Crippen LogP contribution in [0.25, 0.3) is 0 Å². The fraction of sp³-hybridized carbons (Fsp3) is 0.900. The molecule has 0 heterocycles. The molecule has 16 heavy (non-hydrogen) atoms. The Hall–Kier alpha value is -0.750. The number of Topliss-reactive ketones (excluding diaryl/α,β-unsaturated/α-hetero) is 1. The molecule has 2 aliphatic rings. The van der Waals surface area contributed by atoms with Crippen molar-refractivity contribution >= 4 is 16.3 Å². The number of hydrogen-bond donors (Lipinski definition) is 1. The van der Waals surface area contributed by atoms with Crippen molar-refractivity contribution in [1.29, 1.82) is 0 Å². The van der Waals surface area contributed by atoms with Crippen molar-refractivity contribution in [1.82, 2.24) is 0 Å². The van der Waals surface area contributed by atoms with Crippen molar-refractivity contribution in [3.63, 3.8) is 0 Å². The molecule has 0 spiro atoms. The van der Waals surface area contributed by atoms with Gasteiger partial charge in [-0.15, -0.1) is 0 Å². The van der Waals surface area contributed by atoms with Crippen LogP contribution in [-0.2, 0) is 15.3 Å². The number of carbonyl (C=O) groups excluding carboxylic acids is 1. The van der Waals surface area contributed by atoms with Gasteiger partial charge >= 0.3 is 10.5 Å². The van der Waals surface area contributed by atoms with Gasteiger partial charge in [-0.05, 0) is 24.2 Å². The lowest BCUT2D eigenvalue weighted by Crippen LogP contribution is -2.32. The van der Waals surface area contributed by atoms with Gasteiger partial charge in [0, 0.05) is 11.8 Å². The van der Waals surface area contributed by atoms with Crippen molar-refractivity contribution < 1.29 is 13.2 Å². The van der Waals surface area contributed by atoms with Crippen LogP contribution in [0, 0.1) is 16.7 Å². The van der Waals surface area contributed by atoms with Crippen LogP contribution in [0.2, 0.25) is 0 Å². The van der Waals surface area contributed by atoms with E-state index in [0.717, 1.165) is 12.8 Å². The van der Waals surface area contributed by atoms with Gasteiger partial charge in [0.15, 0.2) is 0 Å². The Morgan fingerprint density at radius 1 is 1.38 bits per heavy atom. The van der Waals surface area contributed by atoms with E-state index in [2.05, 4.69) is 31.1 Å². The summed E-state index contributed by atoms with van der Waals surface area (Å²) in [6, 6.07) is 0. The van der Waals surface area contributed by atoms with E-state index in [9.17, 15) is 4.79 Å². The van der Waals surface area contributed by atoms with Gasteiger partial charge in [0.1, 0.15) is 5.78 Å². The van der Waals surface area contributed by atoms with Crippen LogP contribution in [-0.4, -0.2) is 14.2 Å². The maximum Gasteiger partial charge on any atom is 0.327 e. The van der Waals surface area contributed by atoms with Crippen LogP contribution in [0.15, 0.2) is 4.47 Å². The minimum atomic E-state index is -2.42. The van der Waals surface area contributed by atoms with Gasteiger partial charge in [0.2, 0.25) is 0 Å². The Morgan fingerprint density at radius 2 is 1.88 bits per heavy atom. The minimum Gasteiger partial charge on any atom is -0.299 e. The van der Waals surface area contributed by atoms with Crippen LogP contribution in [0.3, 0.4) is 0 Å². The summed E-state index contributed by atoms with van der Waals surface area (Å²) in [6.45, 7) is 6.67. The third kappa shape index (κ3) is 1.91. The Labute approximate surface area is 97.1 Å². The fourth-order valence-corrected chi connectivity index (χ4v) is 2.90. The van der Waals surface area contributed by atoms with E-state index in [1.165, 1.54) is 6.42 Å². The smallest absolute Gasteiger partial charge is 0.299 e. The molecule has 2 rings (SSSR count). The predicted octanol–water partition coefficient (Wildman–Crippen LogP) is 1.32. The lowest BCUT2D eigenvalue weighted by Gasteiger charge is -2.32. The van der Waals surface area contributed by atoms with Gasteiger partial charge in [-0.2, -0.15) is 8.42 Å². The van der Waals surface area contributed by atoms with Crippen LogP contribution >= 0.6 is 0 Å². The highest BCUT2D eigenvalue weighted by Gasteiger charge is 2.61. The number of nitrogens with zero attached hydrogens (tertiary/aromatic N) is 1. The lowest BCUT2D eigenvalue weighted by molar-refractivity contribution is -0.128. The molecule has 2 saturated carbocycles. The molecule has 0 aromatic heterocycles. The van der Waals surface area contributed by atoms with Crippen molar-refractivity contribution in [2.45, 2.75) is 40.0 Å². The highest BCUT2D eigenvalue weighted by atomic mass is 32.2. The lowest BCUT2D eigenvalue weighted by atomic mass is 9.70. The standard InChI is InChI=1S/C10H16O.H2N2O2S/c1-9(2)7-4-5-10(9,3)8(11)6-7;1-2-5(3)4/h7H,4-6H2,1-3H3;1H2. The van der Waals surface area contributed by atoms with Gasteiger partial charge in [-0.3, -0.25) is 4.79 Å². The minimum absolute atomic E-state index is 0.0255. The molecule has 0 amide bonds. The van der Waals surface area contributed by atoms with E-state index in [1.54, 1.807) is 0 Å². The van der Waals surface area contributed by atoms with Gasteiger partial charge in [-0.1, -0.05) is 25.2 Å². The molecular weight excluding hydrogens is 228 g/mol. The normalized spacial score (nSPS) is 34.2. The Bertz CT molecular complexity index is 419. The molecular formula is C10H18N2O3S. The molecule has 0 aromatic rings. The largest absolute Gasteiger partial charge is 0.327 e. The second kappa shape index (κ2) is 4.25. The van der Waals surface area contributed by atoms with E-state index in [1.807, 2.05) is 0 Å². The van der Waals surface area contributed by atoms with Crippen molar-refractivity contribution in [3.05, 3.63) is 0 Å². The maximum atomic E-state index is 11.6. The molecule has 0 aliphatic heterocycles. The summed E-state index contributed by atoms with van der Waals surface area (Å²) < 4.78 is 20.5. The zero-order valence-corrected chi connectivity index (χ0v) is 10.7. The SMILES string of the molecule is CC12CCC(CC1=O)C2(C)C.NN=S(=O)=O. The molecule has 0 saturated heterocycles. The topological polar surface area (TPSA) is 89.6 Å². The summed E-state index contributed by atoms with van der Waals surface area (Å²) in [7, 11) is -2.42. The Kier molecular flexibility index (Phi) is 3.54. The molecule has 2 aliphatic carbocycles. The number of carbonyl (C=O) groups is 1. The average Bonchev–Trinajstić information content (AvgIpc) is 2.51. The zero-order chi connectivity index (χ0) is 12.6. The molecule has 92 valence electrons. The molecule has 2 atom stereocenters. The third-order valence-corrected chi connectivity index (χ3v) is 4.74. The molecule has 6 heteroatoms. The van der Waals surface area contributed by atoms with E-state index in [-0.39, 0.29) is 10.8 Å². The second-order valence-electron chi connectivity index (χ2n) is 5.24. The first-order valence-electron chi connectivity index (χ1n) is 5.29. The highest BCUT2D eigenvalue weighted by Crippen LogP contribution is 2.63. The highest BCUT2D eigenvalue weighted by molar-refractivity contribution is 7.61. The van der Waals surface area contributed by atoms with Crippen molar-refractivity contribution in [2.24, 2.45) is 27.1 Å². The molecule has 2 bridgehead atoms. The summed E-state index contributed by atoms with van der Waals surface area (Å²) in [5, 5.41) is 0. The van der Waals surface area contributed by atoms with Gasteiger partial charge in [-0.25, -0.2) is 5.84 Å². The van der Waals surface area contributed by atoms with E-state index in [4.69, 9.17) is 8.42 Å². The summed E-state index contributed by atoms with van der Waals surface area (Å²) >= 11 is 0. The third-order valence-electron chi connectivity index (χ3n) is 4.57. The van der Waals surface area contributed by atoms with Gasteiger partial charge in [0.25, 0.3) is 0 Å². The molecule has 0 radical (unpaired) electrons. The van der Waals surface area contributed by atoms with Crippen LogP contribution in [0.4, 0.5) is 0 Å². The number of rotatable bonds is 0. The Balaban J connectivity index is 0.000000221. The van der Waals surface area contributed by atoms with Crippen molar-refractivity contribution in [2.75, 3.05) is 0 Å². The summed E-state index contributed by atoms with van der Waals surface area (Å²) in [5.74, 6) is 5.38. The zero-order valence-electron chi connectivity index (χ0n) is 9.86. The Morgan fingerprint density at radius 3 is 2.00 bits per heavy atom. The van der Waals surface area contributed by atoms with Gasteiger partial charge < -0.3 is 0 Å². The van der Waals surface area contributed by atoms with E-state index >= 15 is 0 Å². The molecule has 2 N–H and O–H groups in total. The quantitative estimate of drug-likeness (QED) is 0.515. The number of fused-ring (bicyclic) bond motifs is 2. The van der Waals surface area contributed by atoms with E-state index < -0.39 is 10.5 Å². The fourth-order valence-electron chi connectivity index (χ4n) is 2.90. The molecule has 0 aromatic carbocycles. The number of hydrogen-bond acceptors (Lipinski definition) is 4. The molecule has 2 fully saturated rings. The summed E-state index contributed by atoms with van der Waals surface area (Å²) in [6.07, 6.45) is 3.25. The van der Waals surface area contributed by atoms with E-state index in [0.29, 0.717) is 11.7 Å². The first kappa shape index (κ1) is 13.3. The average molecular weight is 246 g/mol. The number of nitrogens with two attached hydrogens (primary N) is 1. The summed E-state index contributed by atoms with van der Waals surface area (Å²) in [5.41, 5.74) is 0.307.